The molecule has 2 rings (SSSR count). The number of benzene rings is 1. The predicted octanol–water partition coefficient (Wildman–Crippen LogP) is 3.25. The molecule has 1 heterocycles. The van der Waals surface area contributed by atoms with E-state index in [9.17, 15) is 0 Å². The van der Waals surface area contributed by atoms with Crippen molar-refractivity contribution in [3.8, 4) is 11.5 Å². The van der Waals surface area contributed by atoms with Gasteiger partial charge in [-0.2, -0.15) is 11.8 Å². The Morgan fingerprint density at radius 2 is 1.95 bits per heavy atom. The van der Waals surface area contributed by atoms with Crippen LogP contribution >= 0.6 is 11.8 Å². The zero-order valence-corrected chi connectivity index (χ0v) is 13.5. The Hall–Kier alpha value is -0.870. The fourth-order valence-electron chi connectivity index (χ4n) is 2.42. The second-order valence-electron chi connectivity index (χ2n) is 6.08. The largest absolute Gasteiger partial charge is 0.493 e. The summed E-state index contributed by atoms with van der Waals surface area (Å²) < 4.78 is 11.6. The van der Waals surface area contributed by atoms with Crippen LogP contribution in [0.25, 0.3) is 0 Å². The molecule has 0 aliphatic carbocycles. The molecule has 0 spiro atoms. The minimum Gasteiger partial charge on any atom is -0.493 e. The molecule has 4 heteroatoms. The fourth-order valence-corrected chi connectivity index (χ4v) is 3.48. The first kappa shape index (κ1) is 15.5. The average Bonchev–Trinajstić information content (AvgIpc) is 2.40. The van der Waals surface area contributed by atoms with Crippen molar-refractivity contribution in [3.05, 3.63) is 23.8 Å². The van der Waals surface area contributed by atoms with Crippen molar-refractivity contribution in [2.45, 2.75) is 44.8 Å². The summed E-state index contributed by atoms with van der Waals surface area (Å²) in [6.07, 6.45) is 3.38. The average molecular weight is 295 g/mol. The van der Waals surface area contributed by atoms with Crippen LogP contribution in [0, 0.1) is 0 Å². The molecule has 0 saturated carbocycles. The van der Waals surface area contributed by atoms with Gasteiger partial charge < -0.3 is 15.2 Å². The summed E-state index contributed by atoms with van der Waals surface area (Å²) in [5.74, 6) is 4.03. The first-order valence-corrected chi connectivity index (χ1v) is 8.33. The van der Waals surface area contributed by atoms with Gasteiger partial charge in [0.05, 0.1) is 7.11 Å². The van der Waals surface area contributed by atoms with Crippen LogP contribution in [-0.4, -0.2) is 30.3 Å². The standard InChI is InChI=1S/C16H25NO2S/c1-16(2,17)11-12-4-5-14(15(10-12)18-3)19-13-6-8-20-9-7-13/h4-5,10,13H,6-9,11,17H2,1-3H3. The number of nitrogens with two attached hydrogens (primary N) is 1. The number of hydrogen-bond donors (Lipinski definition) is 1. The second kappa shape index (κ2) is 6.72. The van der Waals surface area contributed by atoms with Gasteiger partial charge in [0.2, 0.25) is 0 Å². The van der Waals surface area contributed by atoms with Gasteiger partial charge in [-0.05, 0) is 62.3 Å². The monoisotopic (exact) mass is 295 g/mol. The summed E-state index contributed by atoms with van der Waals surface area (Å²) in [5.41, 5.74) is 7.04. The minimum absolute atomic E-state index is 0.214. The van der Waals surface area contributed by atoms with Gasteiger partial charge in [-0.15, -0.1) is 0 Å². The van der Waals surface area contributed by atoms with Crippen molar-refractivity contribution in [2.24, 2.45) is 5.73 Å². The minimum atomic E-state index is -0.214. The number of rotatable bonds is 5. The van der Waals surface area contributed by atoms with Crippen LogP contribution in [0.5, 0.6) is 11.5 Å². The smallest absolute Gasteiger partial charge is 0.161 e. The van der Waals surface area contributed by atoms with Gasteiger partial charge in [0, 0.05) is 5.54 Å². The molecule has 1 fully saturated rings. The molecule has 1 aromatic rings. The van der Waals surface area contributed by atoms with Crippen LogP contribution in [0.1, 0.15) is 32.3 Å². The lowest BCUT2D eigenvalue weighted by atomic mass is 9.96. The van der Waals surface area contributed by atoms with E-state index in [0.717, 1.165) is 30.8 Å². The zero-order chi connectivity index (χ0) is 14.6. The zero-order valence-electron chi connectivity index (χ0n) is 12.6. The maximum absolute atomic E-state index is 6.09. The predicted molar refractivity (Wildman–Crippen MR) is 85.9 cm³/mol. The molecule has 0 radical (unpaired) electrons. The summed E-state index contributed by atoms with van der Waals surface area (Å²) >= 11 is 2.00. The van der Waals surface area contributed by atoms with Crippen molar-refractivity contribution in [1.82, 2.24) is 0 Å². The van der Waals surface area contributed by atoms with Crippen molar-refractivity contribution < 1.29 is 9.47 Å². The normalized spacial score (nSPS) is 17.0. The first-order valence-electron chi connectivity index (χ1n) is 7.18. The maximum Gasteiger partial charge on any atom is 0.161 e. The molecule has 1 saturated heterocycles. The molecular formula is C16H25NO2S. The van der Waals surface area contributed by atoms with Gasteiger partial charge in [0.1, 0.15) is 6.10 Å². The number of ether oxygens (including phenoxy) is 2. The topological polar surface area (TPSA) is 44.5 Å². The molecule has 1 aromatic carbocycles. The molecule has 0 unspecified atom stereocenters. The second-order valence-corrected chi connectivity index (χ2v) is 7.30. The van der Waals surface area contributed by atoms with Gasteiger partial charge in [-0.3, -0.25) is 0 Å². The van der Waals surface area contributed by atoms with Gasteiger partial charge in [0.15, 0.2) is 11.5 Å². The van der Waals surface area contributed by atoms with Gasteiger partial charge in [0.25, 0.3) is 0 Å². The van der Waals surface area contributed by atoms with Gasteiger partial charge in [-0.1, -0.05) is 6.07 Å². The Balaban J connectivity index is 2.08. The van der Waals surface area contributed by atoms with E-state index in [-0.39, 0.29) is 5.54 Å². The molecule has 3 nitrogen and oxygen atoms in total. The number of methoxy groups -OCH3 is 1. The first-order chi connectivity index (χ1) is 9.48. The summed E-state index contributed by atoms with van der Waals surface area (Å²) in [7, 11) is 1.69. The molecule has 0 amide bonds. The van der Waals surface area contributed by atoms with Crippen LogP contribution < -0.4 is 15.2 Å². The molecule has 0 aromatic heterocycles. The third-order valence-corrected chi connectivity index (χ3v) is 4.40. The molecule has 2 N–H and O–H groups in total. The van der Waals surface area contributed by atoms with Crippen molar-refractivity contribution in [3.63, 3.8) is 0 Å². The van der Waals surface area contributed by atoms with E-state index in [1.165, 1.54) is 17.1 Å². The summed E-state index contributed by atoms with van der Waals surface area (Å²) in [6, 6.07) is 6.15. The van der Waals surface area contributed by atoms with Gasteiger partial charge in [-0.25, -0.2) is 0 Å². The molecule has 0 bridgehead atoms. The van der Waals surface area contributed by atoms with Crippen LogP contribution in [0.2, 0.25) is 0 Å². The molecule has 112 valence electrons. The summed E-state index contributed by atoms with van der Waals surface area (Å²) in [5, 5.41) is 0. The van der Waals surface area contributed by atoms with Crippen LogP contribution in [0.3, 0.4) is 0 Å². The fraction of sp³-hybridized carbons (Fsp3) is 0.625. The quantitative estimate of drug-likeness (QED) is 0.905. The number of hydrogen-bond acceptors (Lipinski definition) is 4. The Labute approximate surface area is 126 Å². The molecule has 0 atom stereocenters. The van der Waals surface area contributed by atoms with Crippen molar-refractivity contribution in [2.75, 3.05) is 18.6 Å². The third kappa shape index (κ3) is 4.60. The van der Waals surface area contributed by atoms with Crippen LogP contribution in [0.4, 0.5) is 0 Å². The maximum atomic E-state index is 6.09. The van der Waals surface area contributed by atoms with Crippen LogP contribution in [0.15, 0.2) is 18.2 Å². The van der Waals surface area contributed by atoms with E-state index < -0.39 is 0 Å². The summed E-state index contributed by atoms with van der Waals surface area (Å²) in [4.78, 5) is 0. The lowest BCUT2D eigenvalue weighted by Gasteiger charge is -2.24. The van der Waals surface area contributed by atoms with Crippen LogP contribution in [-0.2, 0) is 6.42 Å². The van der Waals surface area contributed by atoms with E-state index in [1.807, 2.05) is 37.7 Å². The summed E-state index contributed by atoms with van der Waals surface area (Å²) in [6.45, 7) is 4.06. The Morgan fingerprint density at radius 3 is 2.55 bits per heavy atom. The molecule has 1 aliphatic rings. The lowest BCUT2D eigenvalue weighted by molar-refractivity contribution is 0.184. The Morgan fingerprint density at radius 1 is 1.25 bits per heavy atom. The van der Waals surface area contributed by atoms with E-state index in [1.54, 1.807) is 7.11 Å². The highest BCUT2D eigenvalue weighted by atomic mass is 32.2. The van der Waals surface area contributed by atoms with Gasteiger partial charge >= 0.3 is 0 Å². The molecular weight excluding hydrogens is 270 g/mol. The third-order valence-electron chi connectivity index (χ3n) is 3.35. The van der Waals surface area contributed by atoms with E-state index in [0.29, 0.717) is 6.10 Å². The Kier molecular flexibility index (Phi) is 5.22. The SMILES string of the molecule is COc1cc(CC(C)(C)N)ccc1OC1CCSCC1. The molecule has 1 aliphatic heterocycles. The highest BCUT2D eigenvalue weighted by molar-refractivity contribution is 7.99. The lowest BCUT2D eigenvalue weighted by Crippen LogP contribution is -2.34. The highest BCUT2D eigenvalue weighted by Gasteiger charge is 2.18. The van der Waals surface area contributed by atoms with Crippen molar-refractivity contribution >= 4 is 11.8 Å². The van der Waals surface area contributed by atoms with E-state index in [4.69, 9.17) is 15.2 Å². The Bertz CT molecular complexity index is 437. The van der Waals surface area contributed by atoms with E-state index in [2.05, 4.69) is 6.07 Å². The number of thioether (sulfide) groups is 1. The van der Waals surface area contributed by atoms with E-state index >= 15 is 0 Å². The highest BCUT2D eigenvalue weighted by Crippen LogP contribution is 2.32. The molecule has 20 heavy (non-hydrogen) atoms. The van der Waals surface area contributed by atoms with Crippen molar-refractivity contribution in [1.29, 1.82) is 0 Å².